The molecule has 21 heteroatoms. The molecule has 0 atom stereocenters. The molecule has 3 N–H and O–H groups in total. The van der Waals surface area contributed by atoms with Crippen molar-refractivity contribution in [1.82, 2.24) is 24.6 Å². The van der Waals surface area contributed by atoms with Gasteiger partial charge in [0.05, 0.1) is 18.4 Å². The van der Waals surface area contributed by atoms with E-state index < -0.39 is 36.4 Å². The fourth-order valence-electron chi connectivity index (χ4n) is 4.04. The molecule has 0 aromatic carbocycles. The van der Waals surface area contributed by atoms with Crippen LogP contribution in [-0.2, 0) is 39.3 Å². The SMILES string of the molecule is Cn1cc(CN2CCC3(CC2)CN(Cc2cccnc2)CCO3)cn1.O=C(O)C(F)(F)F.O=C(O)C(F)(F)F.O=C(O)C(F)(F)F. The third kappa shape index (κ3) is 15.3. The van der Waals surface area contributed by atoms with Crippen LogP contribution in [0.15, 0.2) is 36.9 Å². The van der Waals surface area contributed by atoms with Gasteiger partial charge in [-0.3, -0.25) is 19.5 Å². The summed E-state index contributed by atoms with van der Waals surface area (Å²) in [4.78, 5) is 36.0. The Morgan fingerprint density at radius 1 is 0.804 bits per heavy atom. The standard InChI is InChI=1S/C19H27N5O.3C2HF3O2/c1-22-13-18(12-21-22)15-23-7-4-19(5-8-23)16-24(9-10-25-19)14-17-3-2-6-20-11-17;3*3-2(4,5)1(6)7/h2-3,6,11-13H,4-5,7-10,14-16H2,1H3;3*(H,6,7). The van der Waals surface area contributed by atoms with Crippen LogP contribution in [0, 0.1) is 0 Å². The lowest BCUT2D eigenvalue weighted by atomic mass is 9.89. The summed E-state index contributed by atoms with van der Waals surface area (Å²) in [7, 11) is 1.97. The number of piperidine rings is 1. The summed E-state index contributed by atoms with van der Waals surface area (Å²) in [6, 6.07) is 4.17. The number of aromatic nitrogens is 3. The highest BCUT2D eigenvalue weighted by Gasteiger charge is 2.40. The van der Waals surface area contributed by atoms with Crippen LogP contribution in [0.25, 0.3) is 0 Å². The molecule has 260 valence electrons. The molecular weight excluding hydrogens is 653 g/mol. The summed E-state index contributed by atoms with van der Waals surface area (Å²) in [5.41, 5.74) is 2.61. The molecule has 0 unspecified atom stereocenters. The summed E-state index contributed by atoms with van der Waals surface area (Å²) in [6.07, 6.45) is -5.15. The van der Waals surface area contributed by atoms with Crippen LogP contribution in [-0.4, -0.2) is 115 Å². The van der Waals surface area contributed by atoms with Crippen LogP contribution < -0.4 is 0 Å². The number of carbonyl (C=O) groups is 3. The molecule has 2 aliphatic heterocycles. The van der Waals surface area contributed by atoms with Gasteiger partial charge in [-0.1, -0.05) is 6.07 Å². The van der Waals surface area contributed by atoms with Crippen molar-refractivity contribution in [1.29, 1.82) is 0 Å². The van der Waals surface area contributed by atoms with Gasteiger partial charge >= 0.3 is 36.4 Å². The van der Waals surface area contributed by atoms with Gasteiger partial charge in [0.2, 0.25) is 0 Å². The van der Waals surface area contributed by atoms with Crippen LogP contribution >= 0.6 is 0 Å². The van der Waals surface area contributed by atoms with Crippen LogP contribution in [0.1, 0.15) is 24.0 Å². The number of halogens is 9. The predicted molar refractivity (Wildman–Crippen MR) is 137 cm³/mol. The van der Waals surface area contributed by atoms with E-state index in [9.17, 15) is 39.5 Å². The first-order chi connectivity index (χ1) is 21.0. The molecule has 4 heterocycles. The van der Waals surface area contributed by atoms with E-state index in [-0.39, 0.29) is 5.60 Å². The number of nitrogens with zero attached hydrogens (tertiary/aromatic N) is 5. The number of hydrogen-bond donors (Lipinski definition) is 3. The largest absolute Gasteiger partial charge is 0.490 e. The van der Waals surface area contributed by atoms with Crippen molar-refractivity contribution >= 4 is 17.9 Å². The van der Waals surface area contributed by atoms with E-state index >= 15 is 0 Å². The number of pyridine rings is 1. The molecule has 2 aromatic rings. The van der Waals surface area contributed by atoms with E-state index in [1.165, 1.54) is 11.1 Å². The molecule has 4 rings (SSSR count). The monoisotopic (exact) mass is 683 g/mol. The van der Waals surface area contributed by atoms with E-state index in [1.807, 2.05) is 36.4 Å². The molecule has 0 aliphatic carbocycles. The highest BCUT2D eigenvalue weighted by Crippen LogP contribution is 2.31. The van der Waals surface area contributed by atoms with E-state index in [2.05, 4.69) is 32.1 Å². The molecule has 0 bridgehead atoms. The van der Waals surface area contributed by atoms with E-state index in [1.54, 1.807) is 0 Å². The first kappa shape index (κ1) is 40.0. The van der Waals surface area contributed by atoms with E-state index in [0.717, 1.165) is 58.7 Å². The number of likely N-dealkylation sites (tertiary alicyclic amines) is 1. The van der Waals surface area contributed by atoms with Crippen LogP contribution in [0.3, 0.4) is 0 Å². The van der Waals surface area contributed by atoms with E-state index in [4.69, 9.17) is 34.4 Å². The molecular formula is C25H30F9N5O7. The maximum atomic E-state index is 10.6. The number of carboxylic acid groups (broad SMARTS) is 3. The lowest BCUT2D eigenvalue weighted by Gasteiger charge is -2.47. The number of carboxylic acids is 3. The Balaban J connectivity index is 0.000000413. The van der Waals surface area contributed by atoms with Gasteiger partial charge in [-0.25, -0.2) is 14.4 Å². The van der Waals surface area contributed by atoms with Crippen molar-refractivity contribution in [2.75, 3.05) is 32.8 Å². The summed E-state index contributed by atoms with van der Waals surface area (Å²) in [6.45, 7) is 7.02. The summed E-state index contributed by atoms with van der Waals surface area (Å²) in [5.74, 6) is -8.27. The zero-order chi connectivity index (χ0) is 35.3. The zero-order valence-electron chi connectivity index (χ0n) is 23.9. The van der Waals surface area contributed by atoms with Crippen LogP contribution in [0.2, 0.25) is 0 Å². The molecule has 2 saturated heterocycles. The highest BCUT2D eigenvalue weighted by atomic mass is 19.4. The lowest BCUT2D eigenvalue weighted by molar-refractivity contribution is -0.193. The number of morpholine rings is 1. The molecule has 12 nitrogen and oxygen atoms in total. The topological polar surface area (TPSA) is 158 Å². The molecule has 0 saturated carbocycles. The zero-order valence-corrected chi connectivity index (χ0v) is 23.9. The molecule has 1 spiro atoms. The van der Waals surface area contributed by atoms with Gasteiger partial charge in [0.1, 0.15) is 0 Å². The Bertz CT molecular complexity index is 1190. The number of ether oxygens (including phenoxy) is 1. The third-order valence-corrected chi connectivity index (χ3v) is 6.12. The Kier molecular flexibility index (Phi) is 14.9. The quantitative estimate of drug-likeness (QED) is 0.405. The van der Waals surface area contributed by atoms with Crippen LogP contribution in [0.4, 0.5) is 39.5 Å². The average molecular weight is 684 g/mol. The second kappa shape index (κ2) is 17.1. The highest BCUT2D eigenvalue weighted by molar-refractivity contribution is 5.73. The van der Waals surface area contributed by atoms with Gasteiger partial charge < -0.3 is 20.1 Å². The van der Waals surface area contributed by atoms with E-state index in [0.29, 0.717) is 0 Å². The maximum Gasteiger partial charge on any atom is 0.490 e. The fraction of sp³-hybridized carbons (Fsp3) is 0.560. The Morgan fingerprint density at radius 2 is 1.28 bits per heavy atom. The van der Waals surface area contributed by atoms with Gasteiger partial charge in [-0.05, 0) is 24.5 Å². The Labute approximate surface area is 255 Å². The van der Waals surface area contributed by atoms with Gasteiger partial charge in [-0.15, -0.1) is 0 Å². The van der Waals surface area contributed by atoms with Crippen molar-refractivity contribution in [2.45, 2.75) is 50.1 Å². The van der Waals surface area contributed by atoms with Gasteiger partial charge in [-0.2, -0.15) is 44.6 Å². The number of aryl methyl sites for hydroxylation is 1. The number of hydrogen-bond acceptors (Lipinski definition) is 8. The Hall–Kier alpha value is -3.98. The molecule has 2 fully saturated rings. The van der Waals surface area contributed by atoms with Crippen molar-refractivity contribution in [3.8, 4) is 0 Å². The summed E-state index contributed by atoms with van der Waals surface area (Å²) in [5, 5.41) is 25.6. The molecule has 0 radical (unpaired) electrons. The first-order valence-corrected chi connectivity index (χ1v) is 12.9. The number of rotatable bonds is 4. The minimum atomic E-state index is -5.08. The second-order valence-corrected chi connectivity index (χ2v) is 9.81. The van der Waals surface area contributed by atoms with Gasteiger partial charge in [0, 0.05) is 70.5 Å². The molecule has 2 aromatic heterocycles. The minimum absolute atomic E-state index is 0.0336. The molecule has 46 heavy (non-hydrogen) atoms. The Morgan fingerprint density at radius 3 is 1.67 bits per heavy atom. The predicted octanol–water partition coefficient (Wildman–Crippen LogP) is 3.58. The van der Waals surface area contributed by atoms with Crippen molar-refractivity contribution in [3.05, 3.63) is 48.0 Å². The average Bonchev–Trinajstić information content (AvgIpc) is 3.34. The molecule has 0 amide bonds. The third-order valence-electron chi connectivity index (χ3n) is 6.12. The maximum absolute atomic E-state index is 10.6. The number of alkyl halides is 9. The van der Waals surface area contributed by atoms with Crippen molar-refractivity contribution in [3.63, 3.8) is 0 Å². The summed E-state index contributed by atoms with van der Waals surface area (Å²) >= 11 is 0. The second-order valence-electron chi connectivity index (χ2n) is 9.81. The first-order valence-electron chi connectivity index (χ1n) is 12.9. The number of aliphatic carboxylic acids is 3. The normalized spacial score (nSPS) is 16.9. The molecule has 2 aliphatic rings. The lowest BCUT2D eigenvalue weighted by Crippen LogP contribution is -2.56. The van der Waals surface area contributed by atoms with Crippen molar-refractivity contribution < 1.29 is 74.0 Å². The van der Waals surface area contributed by atoms with Gasteiger partial charge in [0.15, 0.2) is 0 Å². The fourth-order valence-corrected chi connectivity index (χ4v) is 4.04. The minimum Gasteiger partial charge on any atom is -0.475 e. The van der Waals surface area contributed by atoms with Crippen LogP contribution in [0.5, 0.6) is 0 Å². The van der Waals surface area contributed by atoms with Gasteiger partial charge in [0.25, 0.3) is 0 Å². The smallest absolute Gasteiger partial charge is 0.475 e. The summed E-state index contributed by atoms with van der Waals surface area (Å²) < 4.78 is 103. The van der Waals surface area contributed by atoms with Crippen molar-refractivity contribution in [2.24, 2.45) is 7.05 Å².